The second-order valence-corrected chi connectivity index (χ2v) is 7.34. The third-order valence-corrected chi connectivity index (χ3v) is 5.28. The molecule has 0 aromatic heterocycles. The van der Waals surface area contributed by atoms with E-state index in [9.17, 15) is 9.59 Å². The molecule has 0 saturated carbocycles. The number of rotatable bonds is 4. The third-order valence-electron chi connectivity index (χ3n) is 5.28. The van der Waals surface area contributed by atoms with Crippen LogP contribution in [-0.2, 0) is 9.59 Å². The molecule has 2 heterocycles. The van der Waals surface area contributed by atoms with Crippen molar-refractivity contribution in [2.75, 3.05) is 47.7 Å². The minimum atomic E-state index is -0.181. The van der Waals surface area contributed by atoms with Crippen LogP contribution in [0.3, 0.4) is 0 Å². The Morgan fingerprint density at radius 2 is 1.75 bits per heavy atom. The van der Waals surface area contributed by atoms with Gasteiger partial charge in [0.05, 0.1) is 17.8 Å². The predicted molar refractivity (Wildman–Crippen MR) is 113 cm³/mol. The molecule has 2 aliphatic heterocycles. The zero-order chi connectivity index (χ0) is 19.8. The van der Waals surface area contributed by atoms with E-state index in [1.165, 1.54) is 0 Å². The van der Waals surface area contributed by atoms with Crippen molar-refractivity contribution in [3.8, 4) is 0 Å². The van der Waals surface area contributed by atoms with Crippen LogP contribution in [0.25, 0.3) is 0 Å². The van der Waals surface area contributed by atoms with Crippen molar-refractivity contribution in [3.05, 3.63) is 59.9 Å². The molecule has 1 N–H and O–H groups in total. The maximum Gasteiger partial charge on any atom is 0.229 e. The van der Waals surface area contributed by atoms with Gasteiger partial charge >= 0.3 is 0 Å². The van der Waals surface area contributed by atoms with Gasteiger partial charge < -0.3 is 20.0 Å². The fourth-order valence-electron chi connectivity index (χ4n) is 3.85. The fourth-order valence-corrected chi connectivity index (χ4v) is 3.85. The number of para-hydroxylation sites is 2. The van der Waals surface area contributed by atoms with Crippen LogP contribution in [0.5, 0.6) is 0 Å². The lowest BCUT2D eigenvalue weighted by molar-refractivity contribution is -0.119. The van der Waals surface area contributed by atoms with Crippen LogP contribution in [0.1, 0.15) is 12.8 Å². The topological polar surface area (TPSA) is 55.9 Å². The number of carbonyl (C=O) groups excluding carboxylic acids is 2. The van der Waals surface area contributed by atoms with E-state index >= 15 is 0 Å². The predicted octanol–water partition coefficient (Wildman–Crippen LogP) is 3.22. The average molecular weight is 376 g/mol. The summed E-state index contributed by atoms with van der Waals surface area (Å²) in [7, 11) is 5.89. The van der Waals surface area contributed by atoms with E-state index in [0.29, 0.717) is 18.5 Å². The quantitative estimate of drug-likeness (QED) is 0.888. The average Bonchev–Trinajstić information content (AvgIpc) is 2.97. The van der Waals surface area contributed by atoms with E-state index in [-0.39, 0.29) is 18.1 Å². The van der Waals surface area contributed by atoms with Gasteiger partial charge in [-0.05, 0) is 36.4 Å². The van der Waals surface area contributed by atoms with Crippen LogP contribution in [0.4, 0.5) is 22.7 Å². The van der Waals surface area contributed by atoms with Crippen LogP contribution < -0.4 is 20.0 Å². The molecule has 2 aromatic carbocycles. The second-order valence-electron chi connectivity index (χ2n) is 7.34. The Morgan fingerprint density at radius 1 is 1.07 bits per heavy atom. The summed E-state index contributed by atoms with van der Waals surface area (Å²) in [4.78, 5) is 31.5. The number of ketones is 1. The summed E-state index contributed by atoms with van der Waals surface area (Å²) in [5, 5.41) is 2.91. The highest BCUT2D eigenvalue weighted by molar-refractivity contribution is 6.07. The zero-order valence-corrected chi connectivity index (χ0v) is 16.4. The summed E-state index contributed by atoms with van der Waals surface area (Å²) in [6.45, 7) is 0.645. The van der Waals surface area contributed by atoms with Crippen LogP contribution in [0.2, 0.25) is 0 Å². The second kappa shape index (κ2) is 7.03. The molecule has 0 aliphatic carbocycles. The third kappa shape index (κ3) is 3.11. The van der Waals surface area contributed by atoms with Crippen LogP contribution in [-0.4, -0.2) is 39.4 Å². The maximum absolute atomic E-state index is 12.7. The van der Waals surface area contributed by atoms with Gasteiger partial charge in [-0.2, -0.15) is 0 Å². The van der Waals surface area contributed by atoms with E-state index in [1.807, 2.05) is 73.4 Å². The molecule has 6 nitrogen and oxygen atoms in total. The van der Waals surface area contributed by atoms with Crippen LogP contribution in [0.15, 0.2) is 59.9 Å². The van der Waals surface area contributed by atoms with Gasteiger partial charge in [0, 0.05) is 51.1 Å². The number of nitrogens with one attached hydrogen (secondary N) is 1. The standard InChI is InChI=1S/C22H24N4O2/c1-24(2)16-10-8-15(9-11-16)23-21(28)14-17-20(27)12-13-26-19-7-5-4-6-18(19)25(3)22(17)26/h4-11H,12-14H2,1-3H3,(H,23,28). The molecule has 6 heteroatoms. The van der Waals surface area contributed by atoms with E-state index in [4.69, 9.17) is 0 Å². The first-order chi connectivity index (χ1) is 13.5. The number of hydrogen-bond donors (Lipinski definition) is 1. The fraction of sp³-hybridized carbons (Fsp3) is 0.273. The molecule has 144 valence electrons. The van der Waals surface area contributed by atoms with Crippen molar-refractivity contribution in [2.24, 2.45) is 0 Å². The Morgan fingerprint density at radius 3 is 2.43 bits per heavy atom. The summed E-state index contributed by atoms with van der Waals surface area (Å²) >= 11 is 0. The number of anilines is 4. The lowest BCUT2D eigenvalue weighted by Crippen LogP contribution is -2.36. The Bertz CT molecular complexity index is 963. The summed E-state index contributed by atoms with van der Waals surface area (Å²) in [5.41, 5.74) is 4.51. The minimum absolute atomic E-state index is 0.0454. The molecule has 0 spiro atoms. The number of hydrogen-bond acceptors (Lipinski definition) is 5. The molecule has 0 bridgehead atoms. The van der Waals surface area contributed by atoms with Crippen molar-refractivity contribution in [1.29, 1.82) is 0 Å². The van der Waals surface area contributed by atoms with Gasteiger partial charge in [-0.15, -0.1) is 0 Å². The van der Waals surface area contributed by atoms with Crippen molar-refractivity contribution in [3.63, 3.8) is 0 Å². The molecule has 1 amide bonds. The molecule has 2 aromatic rings. The lowest BCUT2D eigenvalue weighted by Gasteiger charge is -2.29. The number of Topliss-reactive ketones (excluding diaryl/α,β-unsaturated/α-hetero) is 1. The minimum Gasteiger partial charge on any atom is -0.378 e. The molecular weight excluding hydrogens is 352 g/mol. The zero-order valence-electron chi connectivity index (χ0n) is 16.4. The van der Waals surface area contributed by atoms with Crippen molar-refractivity contribution in [2.45, 2.75) is 12.8 Å². The summed E-state index contributed by atoms with van der Waals surface area (Å²) < 4.78 is 0. The first-order valence-corrected chi connectivity index (χ1v) is 9.39. The Hall–Kier alpha value is -3.28. The van der Waals surface area contributed by atoms with Gasteiger partial charge in [-0.3, -0.25) is 9.59 Å². The van der Waals surface area contributed by atoms with Crippen molar-refractivity contribution < 1.29 is 9.59 Å². The van der Waals surface area contributed by atoms with Gasteiger partial charge in [0.1, 0.15) is 5.82 Å². The Kier molecular flexibility index (Phi) is 4.55. The van der Waals surface area contributed by atoms with Crippen molar-refractivity contribution >= 4 is 34.4 Å². The molecule has 0 atom stereocenters. The van der Waals surface area contributed by atoms with E-state index in [2.05, 4.69) is 16.3 Å². The SMILES string of the molecule is CN(C)c1ccc(NC(=O)CC2=C3N(C)c4ccccc4N3CCC2=O)cc1. The molecule has 0 fully saturated rings. The summed E-state index contributed by atoms with van der Waals surface area (Å²) in [6.07, 6.45) is 0.490. The number of benzene rings is 2. The smallest absolute Gasteiger partial charge is 0.229 e. The van der Waals surface area contributed by atoms with Gasteiger partial charge in [-0.25, -0.2) is 0 Å². The number of carbonyl (C=O) groups is 2. The van der Waals surface area contributed by atoms with Gasteiger partial charge in [0.15, 0.2) is 5.78 Å². The molecule has 0 radical (unpaired) electrons. The van der Waals surface area contributed by atoms with Gasteiger partial charge in [0.25, 0.3) is 0 Å². The monoisotopic (exact) mass is 376 g/mol. The lowest BCUT2D eigenvalue weighted by atomic mass is 10.00. The summed E-state index contributed by atoms with van der Waals surface area (Å²) in [6, 6.07) is 15.7. The number of nitrogens with zero attached hydrogens (tertiary/aromatic N) is 3. The molecule has 4 rings (SSSR count). The number of amides is 1. The van der Waals surface area contributed by atoms with Crippen LogP contribution >= 0.6 is 0 Å². The first-order valence-electron chi connectivity index (χ1n) is 9.39. The van der Waals surface area contributed by atoms with E-state index < -0.39 is 0 Å². The van der Waals surface area contributed by atoms with Crippen LogP contribution in [0, 0.1) is 0 Å². The highest BCUT2D eigenvalue weighted by Gasteiger charge is 2.37. The largest absolute Gasteiger partial charge is 0.378 e. The molecule has 28 heavy (non-hydrogen) atoms. The Labute approximate surface area is 165 Å². The molecular formula is C22H24N4O2. The highest BCUT2D eigenvalue weighted by Crippen LogP contribution is 2.43. The molecule has 0 unspecified atom stereocenters. The van der Waals surface area contributed by atoms with E-state index in [0.717, 1.165) is 28.6 Å². The highest BCUT2D eigenvalue weighted by atomic mass is 16.2. The normalized spacial score (nSPS) is 15.5. The number of fused-ring (bicyclic) bond motifs is 3. The summed E-state index contributed by atoms with van der Waals surface area (Å²) in [5.74, 6) is 0.694. The maximum atomic E-state index is 12.7. The van der Waals surface area contributed by atoms with E-state index in [1.54, 1.807) is 0 Å². The van der Waals surface area contributed by atoms with Gasteiger partial charge in [0.2, 0.25) is 5.91 Å². The van der Waals surface area contributed by atoms with Crippen molar-refractivity contribution in [1.82, 2.24) is 0 Å². The first kappa shape index (κ1) is 18.1. The van der Waals surface area contributed by atoms with Gasteiger partial charge in [-0.1, -0.05) is 12.1 Å². The Balaban J connectivity index is 1.57. The molecule has 0 saturated heterocycles. The molecule has 2 aliphatic rings.